The van der Waals surface area contributed by atoms with Gasteiger partial charge in [-0.05, 0) is 50.9 Å². The van der Waals surface area contributed by atoms with Crippen LogP contribution < -0.4 is 0 Å². The molecule has 5 unspecified atom stereocenters. The number of carbonyl (C=O) groups is 1. The third-order valence-electron chi connectivity index (χ3n) is 5.11. The Balaban J connectivity index is 1.91. The van der Waals surface area contributed by atoms with Gasteiger partial charge in [0.1, 0.15) is 6.10 Å². The van der Waals surface area contributed by atoms with E-state index >= 15 is 0 Å². The van der Waals surface area contributed by atoms with Gasteiger partial charge in [0, 0.05) is 6.61 Å². The lowest BCUT2D eigenvalue weighted by Gasteiger charge is -2.39. The second-order valence-electron chi connectivity index (χ2n) is 6.95. The van der Waals surface area contributed by atoms with E-state index < -0.39 is 24.6 Å². The first-order valence-electron chi connectivity index (χ1n) is 8.54. The summed E-state index contributed by atoms with van der Waals surface area (Å²) in [5.74, 6) is -0.0313. The van der Waals surface area contributed by atoms with E-state index in [1.807, 2.05) is 6.92 Å². The Bertz CT molecular complexity index is 369. The lowest BCUT2D eigenvalue weighted by molar-refractivity contribution is -0.174. The van der Waals surface area contributed by atoms with Crippen LogP contribution in [0.15, 0.2) is 0 Å². The molecule has 22 heavy (non-hydrogen) atoms. The van der Waals surface area contributed by atoms with E-state index in [0.717, 1.165) is 25.7 Å². The lowest BCUT2D eigenvalue weighted by atomic mass is 9.82. The summed E-state index contributed by atoms with van der Waals surface area (Å²) in [4.78, 5) is 12.2. The summed E-state index contributed by atoms with van der Waals surface area (Å²) in [5, 5.41) is 0. The van der Waals surface area contributed by atoms with E-state index in [-0.39, 0.29) is 17.8 Å². The van der Waals surface area contributed by atoms with Gasteiger partial charge in [0.15, 0.2) is 12.3 Å². The molecule has 2 fully saturated rings. The van der Waals surface area contributed by atoms with Crippen LogP contribution in [0.4, 0.5) is 8.78 Å². The Hall–Kier alpha value is -0.710. The minimum absolute atomic E-state index is 0.151. The molecule has 2 aliphatic rings. The molecule has 0 saturated heterocycles. The fourth-order valence-corrected chi connectivity index (χ4v) is 3.63. The quantitative estimate of drug-likeness (QED) is 0.739. The Morgan fingerprint density at radius 2 is 1.73 bits per heavy atom. The van der Waals surface area contributed by atoms with Crippen LogP contribution in [0.2, 0.25) is 0 Å². The van der Waals surface area contributed by atoms with Crippen LogP contribution in [0, 0.1) is 17.8 Å². The van der Waals surface area contributed by atoms with Gasteiger partial charge in [0.2, 0.25) is 0 Å². The van der Waals surface area contributed by atoms with Crippen LogP contribution in [0.3, 0.4) is 0 Å². The SMILES string of the molecule is CCOC1C(C)CC(OC(=O)C2CCC(C)CC2)C(F)C1F. The van der Waals surface area contributed by atoms with Crippen LogP contribution in [0.5, 0.6) is 0 Å². The number of hydrogen-bond acceptors (Lipinski definition) is 3. The summed E-state index contributed by atoms with van der Waals surface area (Å²) in [5.41, 5.74) is 0. The van der Waals surface area contributed by atoms with E-state index in [2.05, 4.69) is 6.92 Å². The molecule has 0 bridgehead atoms. The summed E-state index contributed by atoms with van der Waals surface area (Å²) in [6.45, 7) is 6.11. The maximum atomic E-state index is 14.2. The van der Waals surface area contributed by atoms with E-state index in [0.29, 0.717) is 18.9 Å². The Morgan fingerprint density at radius 1 is 1.09 bits per heavy atom. The van der Waals surface area contributed by atoms with E-state index in [4.69, 9.17) is 9.47 Å². The largest absolute Gasteiger partial charge is 0.459 e. The second kappa shape index (κ2) is 7.71. The molecule has 2 rings (SSSR count). The number of carbonyl (C=O) groups excluding carboxylic acids is 1. The molecule has 0 aromatic carbocycles. The summed E-state index contributed by atoms with van der Waals surface area (Å²) in [7, 11) is 0. The summed E-state index contributed by atoms with van der Waals surface area (Å²) in [6.07, 6.45) is -1.34. The average Bonchev–Trinajstić information content (AvgIpc) is 2.49. The van der Waals surface area contributed by atoms with Crippen LogP contribution in [0.25, 0.3) is 0 Å². The predicted octanol–water partition coefficient (Wildman–Crippen LogP) is 3.85. The highest BCUT2D eigenvalue weighted by molar-refractivity contribution is 5.72. The maximum Gasteiger partial charge on any atom is 0.309 e. The highest BCUT2D eigenvalue weighted by Gasteiger charge is 2.47. The zero-order valence-corrected chi connectivity index (χ0v) is 13.8. The lowest BCUT2D eigenvalue weighted by Crippen LogP contribution is -2.51. The van der Waals surface area contributed by atoms with Crippen LogP contribution >= 0.6 is 0 Å². The van der Waals surface area contributed by atoms with E-state index in [1.165, 1.54) is 0 Å². The van der Waals surface area contributed by atoms with Crippen LogP contribution in [-0.4, -0.2) is 37.1 Å². The third-order valence-corrected chi connectivity index (χ3v) is 5.11. The van der Waals surface area contributed by atoms with Gasteiger partial charge in [-0.1, -0.05) is 13.8 Å². The number of alkyl halides is 2. The zero-order chi connectivity index (χ0) is 16.3. The van der Waals surface area contributed by atoms with Gasteiger partial charge >= 0.3 is 5.97 Å². The third kappa shape index (κ3) is 3.98. The molecule has 0 aliphatic heterocycles. The Morgan fingerprint density at radius 3 is 2.32 bits per heavy atom. The Labute approximate surface area is 131 Å². The summed E-state index contributed by atoms with van der Waals surface area (Å²) < 4.78 is 39.1. The van der Waals surface area contributed by atoms with Crippen molar-refractivity contribution in [1.29, 1.82) is 0 Å². The summed E-state index contributed by atoms with van der Waals surface area (Å²) in [6, 6.07) is 0. The molecule has 2 saturated carbocycles. The minimum Gasteiger partial charge on any atom is -0.459 e. The van der Waals surface area contributed by atoms with Crippen molar-refractivity contribution in [2.24, 2.45) is 17.8 Å². The zero-order valence-electron chi connectivity index (χ0n) is 13.8. The minimum atomic E-state index is -1.79. The molecule has 3 nitrogen and oxygen atoms in total. The number of hydrogen-bond donors (Lipinski definition) is 0. The number of halogens is 2. The maximum absolute atomic E-state index is 14.2. The second-order valence-corrected chi connectivity index (χ2v) is 6.95. The van der Waals surface area contributed by atoms with Crippen molar-refractivity contribution in [2.75, 3.05) is 6.61 Å². The molecule has 0 heterocycles. The van der Waals surface area contributed by atoms with Gasteiger partial charge in [0.25, 0.3) is 0 Å². The topological polar surface area (TPSA) is 35.5 Å². The van der Waals surface area contributed by atoms with Crippen molar-refractivity contribution in [2.45, 2.75) is 77.4 Å². The molecular formula is C17H28F2O3. The molecule has 0 aromatic rings. The molecule has 0 radical (unpaired) electrons. The van der Waals surface area contributed by atoms with Crippen molar-refractivity contribution in [3.8, 4) is 0 Å². The summed E-state index contributed by atoms with van der Waals surface area (Å²) >= 11 is 0. The smallest absolute Gasteiger partial charge is 0.309 e. The van der Waals surface area contributed by atoms with Crippen molar-refractivity contribution < 1.29 is 23.0 Å². The average molecular weight is 318 g/mol. The monoisotopic (exact) mass is 318 g/mol. The van der Waals surface area contributed by atoms with Gasteiger partial charge in [-0.2, -0.15) is 0 Å². The number of ether oxygens (including phenoxy) is 2. The number of rotatable bonds is 4. The highest BCUT2D eigenvalue weighted by Crippen LogP contribution is 2.35. The highest BCUT2D eigenvalue weighted by atomic mass is 19.2. The Kier molecular flexibility index (Phi) is 6.18. The van der Waals surface area contributed by atoms with Crippen molar-refractivity contribution in [1.82, 2.24) is 0 Å². The molecular weight excluding hydrogens is 290 g/mol. The number of esters is 1. The van der Waals surface area contributed by atoms with Gasteiger partial charge in [-0.25, -0.2) is 8.78 Å². The first kappa shape index (κ1) is 17.6. The molecule has 0 aromatic heterocycles. The van der Waals surface area contributed by atoms with Crippen molar-refractivity contribution >= 4 is 5.97 Å². The first-order valence-corrected chi connectivity index (χ1v) is 8.54. The van der Waals surface area contributed by atoms with E-state index in [9.17, 15) is 13.6 Å². The van der Waals surface area contributed by atoms with Crippen molar-refractivity contribution in [3.63, 3.8) is 0 Å². The predicted molar refractivity (Wildman–Crippen MR) is 80.0 cm³/mol. The van der Waals surface area contributed by atoms with Gasteiger partial charge in [-0.3, -0.25) is 4.79 Å². The fourth-order valence-electron chi connectivity index (χ4n) is 3.63. The fraction of sp³-hybridized carbons (Fsp3) is 0.941. The van der Waals surface area contributed by atoms with Crippen molar-refractivity contribution in [3.05, 3.63) is 0 Å². The molecule has 0 N–H and O–H groups in total. The molecule has 5 heteroatoms. The molecule has 0 spiro atoms. The standard InChI is InChI=1S/C17H28F2O3/c1-4-21-16-11(3)9-13(14(18)15(16)19)22-17(20)12-7-5-10(2)6-8-12/h10-16H,4-9H2,1-3H3. The molecule has 2 aliphatic carbocycles. The van der Waals surface area contributed by atoms with Crippen LogP contribution in [-0.2, 0) is 14.3 Å². The van der Waals surface area contributed by atoms with Crippen LogP contribution in [0.1, 0.15) is 52.9 Å². The first-order chi connectivity index (χ1) is 10.4. The molecule has 128 valence electrons. The molecule has 0 amide bonds. The van der Waals surface area contributed by atoms with Gasteiger partial charge in [-0.15, -0.1) is 0 Å². The van der Waals surface area contributed by atoms with E-state index in [1.54, 1.807) is 6.92 Å². The van der Waals surface area contributed by atoms with Gasteiger partial charge < -0.3 is 9.47 Å². The normalized spacial score (nSPS) is 42.9. The molecule has 5 atom stereocenters. The van der Waals surface area contributed by atoms with Gasteiger partial charge in [0.05, 0.1) is 12.0 Å².